The fraction of sp³-hybridized carbons (Fsp3) is 0.562. The number of carbonyl (C=O) groups is 1. The van der Waals surface area contributed by atoms with E-state index in [1.165, 1.54) is 19.2 Å². The SMILES string of the molecule is CCC1(C(=O)O)CCCN(Cc2ccc(OC)c(F)c2F)C1. The molecule has 2 rings (SSSR count). The molecule has 0 spiro atoms. The number of hydrogen-bond acceptors (Lipinski definition) is 3. The van der Waals surface area contributed by atoms with Gasteiger partial charge in [0.2, 0.25) is 5.82 Å². The van der Waals surface area contributed by atoms with Crippen LogP contribution in [0.1, 0.15) is 31.7 Å². The molecule has 1 aliphatic heterocycles. The number of halogens is 2. The van der Waals surface area contributed by atoms with Crippen LogP contribution in [0.25, 0.3) is 0 Å². The Morgan fingerprint density at radius 1 is 1.41 bits per heavy atom. The predicted molar refractivity (Wildman–Crippen MR) is 77.8 cm³/mol. The van der Waals surface area contributed by atoms with Crippen LogP contribution in [0.3, 0.4) is 0 Å². The van der Waals surface area contributed by atoms with Crippen LogP contribution in [0.4, 0.5) is 8.78 Å². The quantitative estimate of drug-likeness (QED) is 0.908. The Hall–Kier alpha value is -1.69. The lowest BCUT2D eigenvalue weighted by Gasteiger charge is -2.39. The maximum absolute atomic E-state index is 14.0. The fourth-order valence-corrected chi connectivity index (χ4v) is 3.07. The number of methoxy groups -OCH3 is 1. The van der Waals surface area contributed by atoms with E-state index >= 15 is 0 Å². The summed E-state index contributed by atoms with van der Waals surface area (Å²) in [5.41, 5.74) is -0.574. The van der Waals surface area contributed by atoms with Crippen molar-refractivity contribution in [1.29, 1.82) is 0 Å². The smallest absolute Gasteiger partial charge is 0.310 e. The van der Waals surface area contributed by atoms with Crippen LogP contribution in [0.5, 0.6) is 5.75 Å². The number of piperidine rings is 1. The van der Waals surface area contributed by atoms with Crippen LogP contribution in [0.15, 0.2) is 12.1 Å². The fourth-order valence-electron chi connectivity index (χ4n) is 3.07. The molecule has 0 amide bonds. The van der Waals surface area contributed by atoms with Gasteiger partial charge in [0.1, 0.15) is 0 Å². The molecule has 1 aromatic rings. The lowest BCUT2D eigenvalue weighted by atomic mass is 9.77. The first-order valence-electron chi connectivity index (χ1n) is 7.40. The van der Waals surface area contributed by atoms with Crippen LogP contribution >= 0.6 is 0 Å². The lowest BCUT2D eigenvalue weighted by Crippen LogP contribution is -2.47. The van der Waals surface area contributed by atoms with Crippen molar-refractivity contribution in [2.45, 2.75) is 32.7 Å². The summed E-state index contributed by atoms with van der Waals surface area (Å²) >= 11 is 0. The van der Waals surface area contributed by atoms with Crippen molar-refractivity contribution in [2.75, 3.05) is 20.2 Å². The number of rotatable bonds is 5. The van der Waals surface area contributed by atoms with Gasteiger partial charge in [-0.25, -0.2) is 4.39 Å². The zero-order valence-electron chi connectivity index (χ0n) is 12.9. The molecule has 0 aromatic heterocycles. The van der Waals surface area contributed by atoms with Crippen molar-refractivity contribution in [3.63, 3.8) is 0 Å². The van der Waals surface area contributed by atoms with Crippen LogP contribution in [-0.4, -0.2) is 36.2 Å². The van der Waals surface area contributed by atoms with Gasteiger partial charge in [0.15, 0.2) is 11.6 Å². The van der Waals surface area contributed by atoms with Gasteiger partial charge in [-0.3, -0.25) is 9.69 Å². The van der Waals surface area contributed by atoms with Gasteiger partial charge < -0.3 is 9.84 Å². The summed E-state index contributed by atoms with van der Waals surface area (Å²) in [4.78, 5) is 13.4. The van der Waals surface area contributed by atoms with E-state index in [1.54, 1.807) is 0 Å². The molecule has 1 unspecified atom stereocenters. The molecule has 1 aliphatic rings. The first kappa shape index (κ1) is 16.7. The van der Waals surface area contributed by atoms with Gasteiger partial charge >= 0.3 is 5.97 Å². The van der Waals surface area contributed by atoms with E-state index in [9.17, 15) is 18.7 Å². The Morgan fingerprint density at radius 3 is 2.73 bits per heavy atom. The number of likely N-dealkylation sites (tertiary alicyclic amines) is 1. The topological polar surface area (TPSA) is 49.8 Å². The number of ether oxygens (including phenoxy) is 1. The molecular formula is C16H21F2NO3. The van der Waals surface area contributed by atoms with Gasteiger partial charge in [-0.1, -0.05) is 13.0 Å². The lowest BCUT2D eigenvalue weighted by molar-refractivity contribution is -0.153. The second kappa shape index (κ2) is 6.60. The summed E-state index contributed by atoms with van der Waals surface area (Å²) in [6.45, 7) is 3.08. The third-order valence-electron chi connectivity index (χ3n) is 4.53. The first-order valence-corrected chi connectivity index (χ1v) is 7.40. The van der Waals surface area contributed by atoms with Crippen molar-refractivity contribution < 1.29 is 23.4 Å². The predicted octanol–water partition coefficient (Wildman–Crippen LogP) is 3.05. The van der Waals surface area contributed by atoms with Crippen molar-refractivity contribution >= 4 is 5.97 Å². The van der Waals surface area contributed by atoms with E-state index in [1.807, 2.05) is 11.8 Å². The number of nitrogens with zero attached hydrogens (tertiary/aromatic N) is 1. The van der Waals surface area contributed by atoms with Gasteiger partial charge in [0.25, 0.3) is 0 Å². The van der Waals surface area contributed by atoms with E-state index in [4.69, 9.17) is 4.74 Å². The van der Waals surface area contributed by atoms with Crippen LogP contribution in [0, 0.1) is 17.0 Å². The van der Waals surface area contributed by atoms with Gasteiger partial charge in [-0.2, -0.15) is 4.39 Å². The molecular weight excluding hydrogens is 292 g/mol. The molecule has 22 heavy (non-hydrogen) atoms. The highest BCUT2D eigenvalue weighted by Gasteiger charge is 2.40. The average Bonchev–Trinajstić information content (AvgIpc) is 2.52. The van der Waals surface area contributed by atoms with Crippen LogP contribution in [0.2, 0.25) is 0 Å². The minimum Gasteiger partial charge on any atom is -0.494 e. The molecule has 1 aromatic carbocycles. The molecule has 1 heterocycles. The summed E-state index contributed by atoms with van der Waals surface area (Å²) in [6.07, 6.45) is 1.88. The monoisotopic (exact) mass is 313 g/mol. The molecule has 1 saturated heterocycles. The molecule has 6 heteroatoms. The van der Waals surface area contributed by atoms with Gasteiger partial charge in [-0.15, -0.1) is 0 Å². The van der Waals surface area contributed by atoms with Crippen molar-refractivity contribution in [3.8, 4) is 5.75 Å². The number of carboxylic acids is 1. The summed E-state index contributed by atoms with van der Waals surface area (Å²) < 4.78 is 32.5. The normalized spacial score (nSPS) is 22.5. The zero-order valence-corrected chi connectivity index (χ0v) is 12.9. The summed E-state index contributed by atoms with van der Waals surface area (Å²) in [7, 11) is 1.28. The van der Waals surface area contributed by atoms with Crippen molar-refractivity contribution in [2.24, 2.45) is 5.41 Å². The highest BCUT2D eigenvalue weighted by Crippen LogP contribution is 2.34. The van der Waals surface area contributed by atoms with E-state index < -0.39 is 23.0 Å². The maximum atomic E-state index is 14.0. The van der Waals surface area contributed by atoms with Gasteiger partial charge in [-0.05, 0) is 31.9 Å². The second-order valence-corrected chi connectivity index (χ2v) is 5.81. The van der Waals surface area contributed by atoms with Gasteiger partial charge in [0.05, 0.1) is 12.5 Å². The minimum atomic E-state index is -1.00. The minimum absolute atomic E-state index is 0.131. The number of carboxylic acid groups (broad SMARTS) is 1. The molecule has 1 atom stereocenters. The highest BCUT2D eigenvalue weighted by atomic mass is 19.2. The Bertz CT molecular complexity index is 565. The highest BCUT2D eigenvalue weighted by molar-refractivity contribution is 5.75. The Morgan fingerprint density at radius 2 is 2.14 bits per heavy atom. The molecule has 1 fully saturated rings. The third kappa shape index (κ3) is 3.06. The standard InChI is InChI=1S/C16H21F2NO3/c1-3-16(15(20)21)7-4-8-19(10-16)9-11-5-6-12(22-2)14(18)13(11)17/h5-6H,3-4,7-10H2,1-2H3,(H,20,21). The molecule has 1 N–H and O–H groups in total. The average molecular weight is 313 g/mol. The van der Waals surface area contributed by atoms with E-state index in [-0.39, 0.29) is 17.9 Å². The molecule has 0 bridgehead atoms. The first-order chi connectivity index (χ1) is 10.4. The van der Waals surface area contributed by atoms with E-state index in [0.717, 1.165) is 6.42 Å². The molecule has 122 valence electrons. The molecule has 4 nitrogen and oxygen atoms in total. The van der Waals surface area contributed by atoms with Gasteiger partial charge in [0, 0.05) is 18.7 Å². The van der Waals surface area contributed by atoms with E-state index in [2.05, 4.69) is 0 Å². The zero-order chi connectivity index (χ0) is 16.3. The van der Waals surface area contributed by atoms with Crippen molar-refractivity contribution in [3.05, 3.63) is 29.3 Å². The van der Waals surface area contributed by atoms with Crippen LogP contribution < -0.4 is 4.74 Å². The summed E-state index contributed by atoms with van der Waals surface area (Å²) in [5, 5.41) is 9.46. The third-order valence-corrected chi connectivity index (χ3v) is 4.53. The van der Waals surface area contributed by atoms with E-state index in [0.29, 0.717) is 25.9 Å². The Kier molecular flexibility index (Phi) is 5.01. The molecule has 0 aliphatic carbocycles. The van der Waals surface area contributed by atoms with Crippen molar-refractivity contribution in [1.82, 2.24) is 4.90 Å². The maximum Gasteiger partial charge on any atom is 0.310 e. The summed E-state index contributed by atoms with van der Waals surface area (Å²) in [6, 6.07) is 2.88. The number of hydrogen-bond donors (Lipinski definition) is 1. The number of benzene rings is 1. The molecule has 0 saturated carbocycles. The molecule has 0 radical (unpaired) electrons. The summed E-state index contributed by atoms with van der Waals surface area (Å²) in [5.74, 6) is -2.88. The van der Waals surface area contributed by atoms with Crippen LogP contribution in [-0.2, 0) is 11.3 Å². The largest absolute Gasteiger partial charge is 0.494 e. The Labute approximate surface area is 128 Å². The second-order valence-electron chi connectivity index (χ2n) is 5.81. The Balaban J connectivity index is 2.17. The number of aliphatic carboxylic acids is 1.